The van der Waals surface area contributed by atoms with Crippen molar-refractivity contribution >= 4 is 11.6 Å². The van der Waals surface area contributed by atoms with E-state index in [0.717, 1.165) is 0 Å². The van der Waals surface area contributed by atoms with Crippen molar-refractivity contribution < 1.29 is 14.3 Å². The van der Waals surface area contributed by atoms with Crippen LogP contribution in [-0.2, 0) is 6.42 Å². The zero-order valence-corrected chi connectivity index (χ0v) is 12.8. The SMILES string of the molecule is CCc1nnc2nc3c(nn12)-c1c(OC)cc(OC)cc1C3=O. The molecule has 0 fully saturated rings. The molecule has 0 bridgehead atoms. The number of carbonyl (C=O) groups is 1. The maximum Gasteiger partial charge on any atom is 0.272 e. The molecule has 1 aliphatic rings. The van der Waals surface area contributed by atoms with Gasteiger partial charge in [0.15, 0.2) is 5.82 Å². The number of rotatable bonds is 3. The van der Waals surface area contributed by atoms with E-state index in [1.807, 2.05) is 6.92 Å². The predicted molar refractivity (Wildman–Crippen MR) is 79.9 cm³/mol. The number of ether oxygens (including phenoxy) is 2. The minimum absolute atomic E-state index is 0.219. The molecule has 1 aliphatic carbocycles. The van der Waals surface area contributed by atoms with E-state index < -0.39 is 0 Å². The average molecular weight is 311 g/mol. The highest BCUT2D eigenvalue weighted by Gasteiger charge is 2.34. The molecular formula is C15H13N5O3. The first-order chi connectivity index (χ1) is 11.2. The molecule has 0 radical (unpaired) electrons. The van der Waals surface area contributed by atoms with E-state index in [9.17, 15) is 4.79 Å². The van der Waals surface area contributed by atoms with E-state index in [4.69, 9.17) is 9.47 Å². The summed E-state index contributed by atoms with van der Waals surface area (Å²) in [4.78, 5) is 17.0. The summed E-state index contributed by atoms with van der Waals surface area (Å²) in [6.07, 6.45) is 0.662. The van der Waals surface area contributed by atoms with Crippen LogP contribution < -0.4 is 9.47 Å². The van der Waals surface area contributed by atoms with Crippen molar-refractivity contribution in [3.8, 4) is 22.8 Å². The van der Waals surface area contributed by atoms with Gasteiger partial charge in [0, 0.05) is 18.1 Å². The summed E-state index contributed by atoms with van der Waals surface area (Å²) in [5, 5.41) is 12.5. The number of aromatic nitrogens is 5. The van der Waals surface area contributed by atoms with Crippen LogP contribution in [0.5, 0.6) is 11.5 Å². The van der Waals surface area contributed by atoms with Gasteiger partial charge in [-0.1, -0.05) is 6.92 Å². The molecule has 0 aliphatic heterocycles. The topological polar surface area (TPSA) is 91.5 Å². The lowest BCUT2D eigenvalue weighted by atomic mass is 10.1. The molecule has 2 aromatic heterocycles. The van der Waals surface area contributed by atoms with Crippen LogP contribution in [0.15, 0.2) is 12.1 Å². The third kappa shape index (κ3) is 1.74. The van der Waals surface area contributed by atoms with E-state index in [-0.39, 0.29) is 11.5 Å². The molecule has 4 rings (SSSR count). The second-order valence-electron chi connectivity index (χ2n) is 5.07. The Balaban J connectivity index is 2.06. The summed E-state index contributed by atoms with van der Waals surface area (Å²) in [5.41, 5.74) is 1.83. The molecule has 1 aromatic carbocycles. The second-order valence-corrected chi connectivity index (χ2v) is 5.07. The number of hydrogen-bond acceptors (Lipinski definition) is 7. The lowest BCUT2D eigenvalue weighted by Gasteiger charge is -2.09. The largest absolute Gasteiger partial charge is 0.497 e. The van der Waals surface area contributed by atoms with E-state index in [2.05, 4.69) is 20.3 Å². The van der Waals surface area contributed by atoms with Crippen molar-refractivity contribution in [2.45, 2.75) is 13.3 Å². The molecule has 0 unspecified atom stereocenters. The van der Waals surface area contributed by atoms with E-state index in [1.54, 1.807) is 23.8 Å². The van der Waals surface area contributed by atoms with Crippen LogP contribution in [0, 0.1) is 0 Å². The molecule has 0 spiro atoms. The lowest BCUT2D eigenvalue weighted by molar-refractivity contribution is 0.103. The molecule has 8 heteroatoms. The molecule has 0 saturated carbocycles. The highest BCUT2D eigenvalue weighted by Crippen LogP contribution is 2.43. The smallest absolute Gasteiger partial charge is 0.272 e. The summed E-state index contributed by atoms with van der Waals surface area (Å²) in [7, 11) is 3.08. The van der Waals surface area contributed by atoms with Gasteiger partial charge in [-0.25, -0.2) is 4.98 Å². The average Bonchev–Trinajstić information content (AvgIpc) is 3.11. The Labute approximate surface area is 131 Å². The van der Waals surface area contributed by atoms with E-state index >= 15 is 0 Å². The van der Waals surface area contributed by atoms with Gasteiger partial charge < -0.3 is 9.47 Å². The van der Waals surface area contributed by atoms with Gasteiger partial charge in [0.05, 0.1) is 19.8 Å². The minimum Gasteiger partial charge on any atom is -0.497 e. The summed E-state index contributed by atoms with van der Waals surface area (Å²) in [5.74, 6) is 1.84. The molecule has 0 atom stereocenters. The first-order valence-electron chi connectivity index (χ1n) is 7.11. The number of ketones is 1. The zero-order valence-electron chi connectivity index (χ0n) is 12.8. The lowest BCUT2D eigenvalue weighted by Crippen LogP contribution is -2.05. The van der Waals surface area contributed by atoms with Crippen LogP contribution in [0.1, 0.15) is 28.8 Å². The Morgan fingerprint density at radius 2 is 1.96 bits per heavy atom. The van der Waals surface area contributed by atoms with E-state index in [1.165, 1.54) is 7.11 Å². The molecule has 0 N–H and O–H groups in total. The zero-order chi connectivity index (χ0) is 16.1. The Bertz CT molecular complexity index is 963. The van der Waals surface area contributed by atoms with Crippen molar-refractivity contribution in [2.75, 3.05) is 14.2 Å². The van der Waals surface area contributed by atoms with Crippen molar-refractivity contribution in [2.24, 2.45) is 0 Å². The maximum atomic E-state index is 12.7. The summed E-state index contributed by atoms with van der Waals surface area (Å²) < 4.78 is 12.2. The van der Waals surface area contributed by atoms with Crippen LogP contribution in [0.3, 0.4) is 0 Å². The van der Waals surface area contributed by atoms with Gasteiger partial charge in [0.25, 0.3) is 5.78 Å². The van der Waals surface area contributed by atoms with Crippen molar-refractivity contribution in [3.63, 3.8) is 0 Å². The van der Waals surface area contributed by atoms with Gasteiger partial charge in [-0.05, 0) is 6.07 Å². The number of carbonyl (C=O) groups excluding carboxylic acids is 1. The van der Waals surface area contributed by atoms with Gasteiger partial charge in [-0.15, -0.1) is 10.2 Å². The van der Waals surface area contributed by atoms with Gasteiger partial charge >= 0.3 is 0 Å². The van der Waals surface area contributed by atoms with Crippen molar-refractivity contribution in [1.29, 1.82) is 0 Å². The molecule has 116 valence electrons. The predicted octanol–water partition coefficient (Wildman–Crippen LogP) is 1.31. The fourth-order valence-electron chi connectivity index (χ4n) is 2.74. The molecular weight excluding hydrogens is 298 g/mol. The van der Waals surface area contributed by atoms with Crippen molar-refractivity contribution in [1.82, 2.24) is 24.8 Å². The third-order valence-electron chi connectivity index (χ3n) is 3.87. The Hall–Kier alpha value is -3.03. The third-order valence-corrected chi connectivity index (χ3v) is 3.87. The monoisotopic (exact) mass is 311 g/mol. The number of aryl methyl sites for hydroxylation is 1. The molecule has 0 saturated heterocycles. The van der Waals surface area contributed by atoms with Crippen LogP contribution in [0.4, 0.5) is 0 Å². The van der Waals surface area contributed by atoms with Crippen molar-refractivity contribution in [3.05, 3.63) is 29.2 Å². The standard InChI is InChI=1S/C15H13N5O3/c1-4-10-17-18-15-16-13-12(19-20(10)15)11-8(14(13)21)5-7(22-2)6-9(11)23-3/h5-6H,4H2,1-3H3. The summed E-state index contributed by atoms with van der Waals surface area (Å²) in [6.45, 7) is 1.95. The highest BCUT2D eigenvalue weighted by molar-refractivity contribution is 6.21. The fraction of sp³-hybridized carbons (Fsp3) is 0.267. The normalized spacial score (nSPS) is 12.4. The number of nitrogens with zero attached hydrogens (tertiary/aromatic N) is 5. The Morgan fingerprint density at radius 1 is 1.13 bits per heavy atom. The first kappa shape index (κ1) is 13.6. The Morgan fingerprint density at radius 3 is 2.65 bits per heavy atom. The van der Waals surface area contributed by atoms with E-state index in [0.29, 0.717) is 46.3 Å². The summed E-state index contributed by atoms with van der Waals surface area (Å²) in [6, 6.07) is 3.39. The maximum absolute atomic E-state index is 12.7. The van der Waals surface area contributed by atoms with Gasteiger partial charge in [0.1, 0.15) is 22.9 Å². The number of hydrogen-bond donors (Lipinski definition) is 0. The molecule has 8 nitrogen and oxygen atoms in total. The highest BCUT2D eigenvalue weighted by atomic mass is 16.5. The number of methoxy groups -OCH3 is 2. The van der Waals surface area contributed by atoms with Crippen LogP contribution >= 0.6 is 0 Å². The van der Waals surface area contributed by atoms with Gasteiger partial charge in [-0.2, -0.15) is 9.61 Å². The quantitative estimate of drug-likeness (QED) is 0.563. The van der Waals surface area contributed by atoms with Crippen LogP contribution in [0.2, 0.25) is 0 Å². The molecule has 23 heavy (non-hydrogen) atoms. The minimum atomic E-state index is -0.219. The van der Waals surface area contributed by atoms with Crippen LogP contribution in [-0.4, -0.2) is 44.8 Å². The first-order valence-corrected chi connectivity index (χ1v) is 7.11. The molecule has 0 amide bonds. The fourth-order valence-corrected chi connectivity index (χ4v) is 2.74. The number of fused-ring (bicyclic) bond motifs is 4. The van der Waals surface area contributed by atoms with Crippen LogP contribution in [0.25, 0.3) is 17.0 Å². The van der Waals surface area contributed by atoms with Gasteiger partial charge in [-0.3, -0.25) is 4.79 Å². The molecule has 2 heterocycles. The summed E-state index contributed by atoms with van der Waals surface area (Å²) >= 11 is 0. The van der Waals surface area contributed by atoms with Gasteiger partial charge in [0.2, 0.25) is 5.78 Å². The second kappa shape index (κ2) is 4.73. The molecule has 3 aromatic rings. The number of benzene rings is 1. The Kier molecular flexibility index (Phi) is 2.80.